The fourth-order valence-electron chi connectivity index (χ4n) is 6.65. The second-order valence-electron chi connectivity index (χ2n) is 9.90. The van der Waals surface area contributed by atoms with E-state index in [-0.39, 0.29) is 0 Å². The van der Waals surface area contributed by atoms with Gasteiger partial charge in [0.2, 0.25) is 0 Å². The van der Waals surface area contributed by atoms with Gasteiger partial charge in [-0.1, -0.05) is 115 Å². The molecule has 0 spiro atoms. The van der Waals surface area contributed by atoms with Crippen LogP contribution < -0.4 is 0 Å². The van der Waals surface area contributed by atoms with Crippen LogP contribution in [0.15, 0.2) is 115 Å². The van der Waals surface area contributed by atoms with Crippen molar-refractivity contribution in [1.29, 1.82) is 0 Å². The molecule has 0 amide bonds. The Hall–Kier alpha value is -3.87. The Balaban J connectivity index is 1.71. The van der Waals surface area contributed by atoms with Crippen LogP contribution in [0.5, 0.6) is 0 Å². The Morgan fingerprint density at radius 2 is 0.972 bits per heavy atom. The van der Waals surface area contributed by atoms with Crippen molar-refractivity contribution < 1.29 is 0 Å². The van der Waals surface area contributed by atoms with E-state index in [1.165, 1.54) is 66.1 Å². The molecule has 0 fully saturated rings. The molecule has 36 heavy (non-hydrogen) atoms. The van der Waals surface area contributed by atoms with E-state index in [2.05, 4.69) is 123 Å². The van der Waals surface area contributed by atoms with Crippen molar-refractivity contribution in [3.63, 3.8) is 0 Å². The van der Waals surface area contributed by atoms with Crippen LogP contribution >= 0.6 is 11.6 Å². The lowest BCUT2D eigenvalue weighted by Crippen LogP contribution is -2.30. The second kappa shape index (κ2) is 7.82. The summed E-state index contributed by atoms with van der Waals surface area (Å²) < 4.78 is 0. The van der Waals surface area contributed by atoms with Gasteiger partial charge < -0.3 is 0 Å². The summed E-state index contributed by atoms with van der Waals surface area (Å²) in [5.74, 6) is 0. The molecule has 1 heteroatoms. The minimum absolute atomic E-state index is 0.446. The van der Waals surface area contributed by atoms with Gasteiger partial charge in [-0.15, -0.1) is 0 Å². The van der Waals surface area contributed by atoms with Crippen LogP contribution in [0.25, 0.3) is 32.7 Å². The highest BCUT2D eigenvalue weighted by Gasteiger charge is 2.47. The van der Waals surface area contributed by atoms with Crippen LogP contribution in [0.3, 0.4) is 0 Å². The van der Waals surface area contributed by atoms with Crippen LogP contribution in [0.4, 0.5) is 0 Å². The van der Waals surface area contributed by atoms with Gasteiger partial charge in [0.05, 0.1) is 5.41 Å². The zero-order valence-electron chi connectivity index (χ0n) is 20.3. The molecule has 172 valence electrons. The molecule has 7 rings (SSSR count). The Kier molecular flexibility index (Phi) is 4.65. The summed E-state index contributed by atoms with van der Waals surface area (Å²) in [7, 11) is 0. The molecular weight excluding hydrogens is 456 g/mol. The highest BCUT2D eigenvalue weighted by Crippen LogP contribution is 2.58. The smallest absolute Gasteiger partial charge is 0.0719 e. The van der Waals surface area contributed by atoms with E-state index in [0.717, 1.165) is 5.02 Å². The summed E-state index contributed by atoms with van der Waals surface area (Å²) in [6.45, 7) is 4.57. The lowest BCUT2D eigenvalue weighted by atomic mass is 9.64. The van der Waals surface area contributed by atoms with Gasteiger partial charge in [-0.3, -0.25) is 0 Å². The van der Waals surface area contributed by atoms with Gasteiger partial charge >= 0.3 is 0 Å². The van der Waals surface area contributed by atoms with Gasteiger partial charge in [-0.05, 0) is 92.0 Å². The summed E-state index contributed by atoms with van der Waals surface area (Å²) in [5.41, 5.74) is 9.94. The number of aryl methyl sites for hydroxylation is 2. The molecule has 0 atom stereocenters. The third kappa shape index (κ3) is 2.77. The quantitative estimate of drug-likeness (QED) is 0.231. The molecule has 0 aliphatic heterocycles. The lowest BCUT2D eigenvalue weighted by Gasteiger charge is -2.37. The number of hydrogen-bond donors (Lipinski definition) is 0. The van der Waals surface area contributed by atoms with Crippen molar-refractivity contribution in [1.82, 2.24) is 0 Å². The number of rotatable bonds is 2. The number of halogens is 1. The van der Waals surface area contributed by atoms with Crippen LogP contribution in [-0.2, 0) is 5.41 Å². The summed E-state index contributed by atoms with van der Waals surface area (Å²) in [4.78, 5) is 0. The van der Waals surface area contributed by atoms with Gasteiger partial charge in [0.25, 0.3) is 0 Å². The van der Waals surface area contributed by atoms with Crippen molar-refractivity contribution in [3.8, 4) is 11.1 Å². The van der Waals surface area contributed by atoms with Crippen LogP contribution in [-0.4, -0.2) is 0 Å². The van der Waals surface area contributed by atoms with Crippen molar-refractivity contribution in [2.45, 2.75) is 19.3 Å². The van der Waals surface area contributed by atoms with Crippen LogP contribution in [0, 0.1) is 13.8 Å². The average Bonchev–Trinajstić information content (AvgIpc) is 3.20. The SMILES string of the molecule is Cc1c(C2(c3ccc4ccccc4c3C)c3ccccc3-c3cc(Cl)ccc32)ccc2ccccc12. The third-order valence-electron chi connectivity index (χ3n) is 8.21. The van der Waals surface area contributed by atoms with Gasteiger partial charge in [-0.2, -0.15) is 0 Å². The first-order valence-electron chi connectivity index (χ1n) is 12.5. The Morgan fingerprint density at radius 1 is 0.472 bits per heavy atom. The minimum Gasteiger partial charge on any atom is -0.0843 e. The van der Waals surface area contributed by atoms with Gasteiger partial charge in [0.1, 0.15) is 0 Å². The number of fused-ring (bicyclic) bond motifs is 5. The summed E-state index contributed by atoms with van der Waals surface area (Å²) in [5, 5.41) is 5.91. The van der Waals surface area contributed by atoms with E-state index in [1.807, 2.05) is 6.07 Å². The zero-order valence-corrected chi connectivity index (χ0v) is 21.1. The first-order chi connectivity index (χ1) is 17.6. The number of benzene rings is 6. The van der Waals surface area contributed by atoms with Crippen LogP contribution in [0.1, 0.15) is 33.4 Å². The molecule has 0 radical (unpaired) electrons. The Bertz CT molecular complexity index is 1740. The predicted octanol–water partition coefficient (Wildman–Crippen LogP) is 9.63. The van der Waals surface area contributed by atoms with Gasteiger partial charge in [0, 0.05) is 5.02 Å². The van der Waals surface area contributed by atoms with Gasteiger partial charge in [0.15, 0.2) is 0 Å². The summed E-state index contributed by atoms with van der Waals surface area (Å²) in [6.07, 6.45) is 0. The molecule has 0 heterocycles. The summed E-state index contributed by atoms with van der Waals surface area (Å²) in [6, 6.07) is 42.0. The van der Waals surface area contributed by atoms with Gasteiger partial charge in [-0.25, -0.2) is 0 Å². The van der Waals surface area contributed by atoms with Crippen molar-refractivity contribution in [2.24, 2.45) is 0 Å². The molecule has 0 bridgehead atoms. The average molecular weight is 481 g/mol. The highest BCUT2D eigenvalue weighted by molar-refractivity contribution is 6.31. The highest BCUT2D eigenvalue weighted by atomic mass is 35.5. The Morgan fingerprint density at radius 3 is 1.61 bits per heavy atom. The molecule has 0 unspecified atom stereocenters. The molecule has 1 aliphatic carbocycles. The number of hydrogen-bond acceptors (Lipinski definition) is 0. The van der Waals surface area contributed by atoms with E-state index in [0.29, 0.717) is 0 Å². The molecular formula is C35H25Cl. The second-order valence-corrected chi connectivity index (χ2v) is 10.3. The van der Waals surface area contributed by atoms with E-state index < -0.39 is 5.41 Å². The maximum Gasteiger partial charge on any atom is 0.0719 e. The predicted molar refractivity (Wildman–Crippen MR) is 153 cm³/mol. The molecule has 1 aliphatic rings. The maximum absolute atomic E-state index is 6.59. The fourth-order valence-corrected chi connectivity index (χ4v) is 6.82. The molecule has 0 saturated heterocycles. The minimum atomic E-state index is -0.446. The molecule has 0 N–H and O–H groups in total. The molecule has 6 aromatic rings. The topological polar surface area (TPSA) is 0 Å². The van der Waals surface area contributed by atoms with E-state index in [4.69, 9.17) is 11.6 Å². The molecule has 0 nitrogen and oxygen atoms in total. The zero-order chi connectivity index (χ0) is 24.4. The van der Waals surface area contributed by atoms with E-state index in [1.54, 1.807) is 0 Å². The van der Waals surface area contributed by atoms with Crippen molar-refractivity contribution in [3.05, 3.63) is 154 Å². The molecule has 6 aromatic carbocycles. The van der Waals surface area contributed by atoms with Crippen molar-refractivity contribution >= 4 is 33.1 Å². The van der Waals surface area contributed by atoms with Crippen LogP contribution in [0.2, 0.25) is 5.02 Å². The Labute approximate surface area is 216 Å². The molecule has 0 aromatic heterocycles. The van der Waals surface area contributed by atoms with E-state index >= 15 is 0 Å². The first-order valence-corrected chi connectivity index (χ1v) is 12.9. The van der Waals surface area contributed by atoms with E-state index in [9.17, 15) is 0 Å². The molecule has 0 saturated carbocycles. The fraction of sp³-hybridized carbons (Fsp3) is 0.0857. The first kappa shape index (κ1) is 21.4. The standard InChI is InChI=1S/C35H25Cl/c1-22-27-11-5-3-9-24(27)15-18-31(22)35(32-19-16-25-10-4-6-12-28(25)23(32)2)33-14-8-7-13-29(33)30-21-26(36)17-20-34(30)35/h3-21H,1-2H3. The monoisotopic (exact) mass is 480 g/mol. The maximum atomic E-state index is 6.59. The lowest BCUT2D eigenvalue weighted by molar-refractivity contribution is 0.758. The normalized spacial score (nSPS) is 13.6. The van der Waals surface area contributed by atoms with Crippen molar-refractivity contribution in [2.75, 3.05) is 0 Å². The summed E-state index contributed by atoms with van der Waals surface area (Å²) >= 11 is 6.59. The third-order valence-corrected chi connectivity index (χ3v) is 8.45. The largest absolute Gasteiger partial charge is 0.0843 e.